The predicted molar refractivity (Wildman–Crippen MR) is 100 cm³/mol. The molecule has 138 valence electrons. The van der Waals surface area contributed by atoms with Crippen LogP contribution in [0.4, 0.5) is 0 Å². The topological polar surface area (TPSA) is 48.0 Å². The lowest BCUT2D eigenvalue weighted by Crippen LogP contribution is -2.44. The number of carbonyl (C=O) groups is 1. The zero-order valence-corrected chi connectivity index (χ0v) is 15.7. The van der Waals surface area contributed by atoms with E-state index in [9.17, 15) is 4.79 Å². The van der Waals surface area contributed by atoms with Gasteiger partial charge < -0.3 is 19.1 Å². The van der Waals surface area contributed by atoms with Crippen molar-refractivity contribution in [2.24, 2.45) is 0 Å². The Bertz CT molecular complexity index is 763. The van der Waals surface area contributed by atoms with Gasteiger partial charge in [-0.25, -0.2) is 0 Å². The van der Waals surface area contributed by atoms with Crippen LogP contribution >= 0.6 is 11.6 Å². The molecule has 0 aromatic heterocycles. The van der Waals surface area contributed by atoms with Crippen LogP contribution in [-0.4, -0.2) is 43.7 Å². The lowest BCUT2D eigenvalue weighted by Gasteiger charge is -2.31. The first kappa shape index (κ1) is 18.5. The second-order valence-corrected chi connectivity index (χ2v) is 6.65. The van der Waals surface area contributed by atoms with Crippen molar-refractivity contribution in [3.8, 4) is 11.5 Å². The van der Waals surface area contributed by atoms with Crippen LogP contribution in [0.15, 0.2) is 42.5 Å². The highest BCUT2D eigenvalue weighted by molar-refractivity contribution is 6.30. The Kier molecular flexibility index (Phi) is 6.01. The molecule has 1 unspecified atom stereocenters. The first-order chi connectivity index (χ1) is 12.6. The molecule has 1 atom stereocenters. The molecule has 0 saturated carbocycles. The quantitative estimate of drug-likeness (QED) is 0.797. The fourth-order valence-electron chi connectivity index (χ4n) is 2.85. The SMILES string of the molecule is COc1cc(C(=O)N2CCOC(C)C2)ccc1OCc1ccc(Cl)cc1. The second kappa shape index (κ2) is 8.43. The molecular formula is C20H22ClNO4. The Morgan fingerprint density at radius 2 is 2.00 bits per heavy atom. The Hall–Kier alpha value is -2.24. The molecular weight excluding hydrogens is 354 g/mol. The van der Waals surface area contributed by atoms with Crippen LogP contribution in [0.2, 0.25) is 5.02 Å². The maximum absolute atomic E-state index is 12.7. The number of amides is 1. The highest BCUT2D eigenvalue weighted by Gasteiger charge is 2.23. The van der Waals surface area contributed by atoms with Gasteiger partial charge in [0.1, 0.15) is 6.61 Å². The van der Waals surface area contributed by atoms with E-state index in [2.05, 4.69) is 0 Å². The molecule has 0 spiro atoms. The third-order valence-electron chi connectivity index (χ3n) is 4.25. The molecule has 5 nitrogen and oxygen atoms in total. The Balaban J connectivity index is 1.70. The average molecular weight is 376 g/mol. The van der Waals surface area contributed by atoms with Gasteiger partial charge in [0.25, 0.3) is 5.91 Å². The lowest BCUT2D eigenvalue weighted by molar-refractivity contribution is -0.0124. The number of carbonyl (C=O) groups excluding carboxylic acids is 1. The number of hydrogen-bond acceptors (Lipinski definition) is 4. The summed E-state index contributed by atoms with van der Waals surface area (Å²) in [6.45, 7) is 4.11. The van der Waals surface area contributed by atoms with Crippen LogP contribution in [0.3, 0.4) is 0 Å². The monoisotopic (exact) mass is 375 g/mol. The van der Waals surface area contributed by atoms with Crippen molar-refractivity contribution < 1.29 is 19.0 Å². The summed E-state index contributed by atoms with van der Waals surface area (Å²) in [5.74, 6) is 1.10. The summed E-state index contributed by atoms with van der Waals surface area (Å²) in [6, 6.07) is 12.7. The average Bonchev–Trinajstić information content (AvgIpc) is 2.67. The molecule has 3 rings (SSSR count). The van der Waals surface area contributed by atoms with E-state index >= 15 is 0 Å². The minimum Gasteiger partial charge on any atom is -0.493 e. The second-order valence-electron chi connectivity index (χ2n) is 6.21. The van der Waals surface area contributed by atoms with Crippen LogP contribution in [0, 0.1) is 0 Å². The fourth-order valence-corrected chi connectivity index (χ4v) is 2.97. The number of hydrogen-bond donors (Lipinski definition) is 0. The summed E-state index contributed by atoms with van der Waals surface area (Å²) >= 11 is 5.89. The molecule has 1 saturated heterocycles. The minimum atomic E-state index is -0.0253. The van der Waals surface area contributed by atoms with Gasteiger partial charge in [0, 0.05) is 23.7 Å². The summed E-state index contributed by atoms with van der Waals surface area (Å²) in [5.41, 5.74) is 1.58. The van der Waals surface area contributed by atoms with Crippen LogP contribution in [0.5, 0.6) is 11.5 Å². The van der Waals surface area contributed by atoms with E-state index in [-0.39, 0.29) is 12.0 Å². The van der Waals surface area contributed by atoms with Crippen molar-refractivity contribution in [3.05, 3.63) is 58.6 Å². The molecule has 0 aliphatic carbocycles. The molecule has 26 heavy (non-hydrogen) atoms. The maximum Gasteiger partial charge on any atom is 0.254 e. The summed E-state index contributed by atoms with van der Waals surface area (Å²) in [7, 11) is 1.57. The number of ether oxygens (including phenoxy) is 3. The zero-order valence-electron chi connectivity index (χ0n) is 14.9. The molecule has 1 amide bonds. The fraction of sp³-hybridized carbons (Fsp3) is 0.350. The van der Waals surface area contributed by atoms with Gasteiger partial charge in [-0.1, -0.05) is 23.7 Å². The molecule has 1 fully saturated rings. The molecule has 0 radical (unpaired) electrons. The van der Waals surface area contributed by atoms with Crippen LogP contribution in [-0.2, 0) is 11.3 Å². The summed E-state index contributed by atoms with van der Waals surface area (Å²) < 4.78 is 16.7. The van der Waals surface area contributed by atoms with Gasteiger partial charge in [-0.2, -0.15) is 0 Å². The highest BCUT2D eigenvalue weighted by Crippen LogP contribution is 2.29. The third-order valence-corrected chi connectivity index (χ3v) is 4.50. The van der Waals surface area contributed by atoms with Crippen LogP contribution < -0.4 is 9.47 Å². The van der Waals surface area contributed by atoms with E-state index < -0.39 is 0 Å². The van der Waals surface area contributed by atoms with Gasteiger partial charge in [-0.3, -0.25) is 4.79 Å². The lowest BCUT2D eigenvalue weighted by atomic mass is 10.1. The normalized spacial score (nSPS) is 17.0. The molecule has 1 aliphatic rings. The zero-order chi connectivity index (χ0) is 18.5. The van der Waals surface area contributed by atoms with Gasteiger partial charge in [-0.05, 0) is 42.8 Å². The number of rotatable bonds is 5. The van der Waals surface area contributed by atoms with Gasteiger partial charge in [-0.15, -0.1) is 0 Å². The molecule has 6 heteroatoms. The molecule has 1 aliphatic heterocycles. The molecule has 2 aromatic carbocycles. The van der Waals surface area contributed by atoms with Crippen LogP contribution in [0.25, 0.3) is 0 Å². The van der Waals surface area contributed by atoms with Crippen molar-refractivity contribution in [1.29, 1.82) is 0 Å². The standard InChI is InChI=1S/C20H22ClNO4/c1-14-12-22(9-10-25-14)20(23)16-5-8-18(19(11-16)24-2)26-13-15-3-6-17(21)7-4-15/h3-8,11,14H,9-10,12-13H2,1-2H3. The van der Waals surface area contributed by atoms with E-state index in [0.717, 1.165) is 5.56 Å². The Labute approximate surface area is 158 Å². The predicted octanol–water partition coefficient (Wildman–Crippen LogP) is 3.79. The number of nitrogens with zero attached hydrogens (tertiary/aromatic N) is 1. The van der Waals surface area contributed by atoms with E-state index in [1.54, 1.807) is 30.2 Å². The Morgan fingerprint density at radius 3 is 2.69 bits per heavy atom. The van der Waals surface area contributed by atoms with E-state index in [1.165, 1.54) is 0 Å². The first-order valence-electron chi connectivity index (χ1n) is 8.53. The molecule has 2 aromatic rings. The molecule has 0 N–H and O–H groups in total. The van der Waals surface area contributed by atoms with E-state index in [4.69, 9.17) is 25.8 Å². The van der Waals surface area contributed by atoms with Gasteiger partial charge in [0.15, 0.2) is 11.5 Å². The highest BCUT2D eigenvalue weighted by atomic mass is 35.5. The van der Waals surface area contributed by atoms with Crippen LogP contribution in [0.1, 0.15) is 22.8 Å². The number of halogens is 1. The van der Waals surface area contributed by atoms with Crippen molar-refractivity contribution >= 4 is 17.5 Å². The molecule has 1 heterocycles. The van der Waals surface area contributed by atoms with Gasteiger partial charge in [0.2, 0.25) is 0 Å². The third kappa shape index (κ3) is 4.48. The number of benzene rings is 2. The van der Waals surface area contributed by atoms with E-state index in [1.807, 2.05) is 31.2 Å². The van der Waals surface area contributed by atoms with Crippen molar-refractivity contribution in [2.45, 2.75) is 19.6 Å². The Morgan fingerprint density at radius 1 is 1.23 bits per heavy atom. The van der Waals surface area contributed by atoms with Crippen molar-refractivity contribution in [1.82, 2.24) is 4.90 Å². The number of morpholine rings is 1. The summed E-state index contributed by atoms with van der Waals surface area (Å²) in [5, 5.41) is 0.687. The molecule has 0 bridgehead atoms. The first-order valence-corrected chi connectivity index (χ1v) is 8.91. The summed E-state index contributed by atoms with van der Waals surface area (Å²) in [4.78, 5) is 14.5. The van der Waals surface area contributed by atoms with Crippen molar-refractivity contribution in [2.75, 3.05) is 26.8 Å². The van der Waals surface area contributed by atoms with E-state index in [0.29, 0.717) is 48.4 Å². The smallest absolute Gasteiger partial charge is 0.254 e. The largest absolute Gasteiger partial charge is 0.493 e. The number of methoxy groups -OCH3 is 1. The minimum absolute atomic E-state index is 0.0253. The van der Waals surface area contributed by atoms with Gasteiger partial charge >= 0.3 is 0 Å². The van der Waals surface area contributed by atoms with Crippen molar-refractivity contribution in [3.63, 3.8) is 0 Å². The maximum atomic E-state index is 12.7. The summed E-state index contributed by atoms with van der Waals surface area (Å²) in [6.07, 6.45) is 0.0524. The van der Waals surface area contributed by atoms with Gasteiger partial charge in [0.05, 0.1) is 19.8 Å².